The molecule has 1 aliphatic heterocycles. The third-order valence-corrected chi connectivity index (χ3v) is 8.51. The largest absolute Gasteiger partial charge is 0.338 e. The molecule has 0 amide bonds. The zero-order valence-electron chi connectivity index (χ0n) is 13.5. The van der Waals surface area contributed by atoms with Gasteiger partial charge in [0, 0.05) is 26.2 Å². The van der Waals surface area contributed by atoms with Crippen LogP contribution in [0.4, 0.5) is 0 Å². The van der Waals surface area contributed by atoms with Gasteiger partial charge in [-0.3, -0.25) is 4.90 Å². The van der Waals surface area contributed by atoms with Crippen molar-refractivity contribution in [2.24, 2.45) is 0 Å². The molecule has 138 valence electrons. The number of piperazine rings is 1. The van der Waals surface area contributed by atoms with Gasteiger partial charge in [0.15, 0.2) is 0 Å². The van der Waals surface area contributed by atoms with Crippen molar-refractivity contribution in [3.05, 3.63) is 39.9 Å². The standard InChI is InChI=1S/C15H15ClN4O3S3/c16-12-3-4-14(25-12)26(21,22)20-7-5-19(6-8-20)10-13-17-15(18-23-13)11-2-1-9-24-11/h1-4,9H,5-8,10H2. The summed E-state index contributed by atoms with van der Waals surface area (Å²) in [5.74, 6) is 1.13. The predicted octanol–water partition coefficient (Wildman–Crippen LogP) is 3.02. The molecule has 1 aliphatic rings. The van der Waals surface area contributed by atoms with Crippen LogP contribution in [0.15, 0.2) is 38.4 Å². The lowest BCUT2D eigenvalue weighted by Crippen LogP contribution is -2.48. The topological polar surface area (TPSA) is 79.5 Å². The molecule has 3 aromatic rings. The van der Waals surface area contributed by atoms with Crippen molar-refractivity contribution in [1.82, 2.24) is 19.3 Å². The second-order valence-electron chi connectivity index (χ2n) is 5.73. The van der Waals surface area contributed by atoms with Gasteiger partial charge in [0.05, 0.1) is 15.8 Å². The van der Waals surface area contributed by atoms with Gasteiger partial charge in [0.25, 0.3) is 10.0 Å². The highest BCUT2D eigenvalue weighted by atomic mass is 35.5. The van der Waals surface area contributed by atoms with Crippen LogP contribution in [0.3, 0.4) is 0 Å². The summed E-state index contributed by atoms with van der Waals surface area (Å²) >= 11 is 8.50. The highest BCUT2D eigenvalue weighted by Crippen LogP contribution is 2.28. The SMILES string of the molecule is O=S(=O)(c1ccc(Cl)s1)N1CCN(Cc2nc(-c3cccs3)no2)CC1. The summed E-state index contributed by atoms with van der Waals surface area (Å²) in [6, 6.07) is 7.05. The molecule has 0 radical (unpaired) electrons. The van der Waals surface area contributed by atoms with E-state index < -0.39 is 10.0 Å². The lowest BCUT2D eigenvalue weighted by molar-refractivity contribution is 0.163. The summed E-state index contributed by atoms with van der Waals surface area (Å²) in [6.45, 7) is 2.56. The minimum Gasteiger partial charge on any atom is -0.338 e. The number of nitrogens with zero attached hydrogens (tertiary/aromatic N) is 4. The van der Waals surface area contributed by atoms with Crippen molar-refractivity contribution in [2.75, 3.05) is 26.2 Å². The number of hydrogen-bond acceptors (Lipinski definition) is 8. The lowest BCUT2D eigenvalue weighted by atomic mass is 10.3. The van der Waals surface area contributed by atoms with Crippen molar-refractivity contribution in [2.45, 2.75) is 10.8 Å². The van der Waals surface area contributed by atoms with Crippen LogP contribution in [0.25, 0.3) is 10.7 Å². The van der Waals surface area contributed by atoms with Crippen molar-refractivity contribution in [1.29, 1.82) is 0 Å². The summed E-state index contributed by atoms with van der Waals surface area (Å²) in [7, 11) is -3.47. The maximum Gasteiger partial charge on any atom is 0.252 e. The van der Waals surface area contributed by atoms with E-state index in [1.165, 1.54) is 4.31 Å². The van der Waals surface area contributed by atoms with Crippen molar-refractivity contribution >= 4 is 44.3 Å². The predicted molar refractivity (Wildman–Crippen MR) is 101 cm³/mol. The van der Waals surface area contributed by atoms with Crippen LogP contribution in [0.2, 0.25) is 4.34 Å². The minimum absolute atomic E-state index is 0.286. The first kappa shape index (κ1) is 18.1. The Bertz CT molecular complexity index is 976. The minimum atomic E-state index is -3.47. The average Bonchev–Trinajstić information content (AvgIpc) is 3.36. The second-order valence-corrected chi connectivity index (χ2v) is 10.6. The molecule has 1 fully saturated rings. The van der Waals surface area contributed by atoms with E-state index in [1.807, 2.05) is 17.5 Å². The van der Waals surface area contributed by atoms with Gasteiger partial charge >= 0.3 is 0 Å². The molecule has 0 N–H and O–H groups in total. The maximum atomic E-state index is 12.6. The van der Waals surface area contributed by atoms with Crippen molar-refractivity contribution in [3.63, 3.8) is 0 Å². The van der Waals surface area contributed by atoms with Crippen molar-refractivity contribution < 1.29 is 12.9 Å². The Labute approximate surface area is 163 Å². The fourth-order valence-electron chi connectivity index (χ4n) is 2.71. The van der Waals surface area contributed by atoms with Crippen LogP contribution in [0.5, 0.6) is 0 Å². The van der Waals surface area contributed by atoms with Crippen LogP contribution in [0, 0.1) is 0 Å². The Balaban J connectivity index is 1.37. The van der Waals surface area contributed by atoms with E-state index in [1.54, 1.807) is 23.5 Å². The smallest absolute Gasteiger partial charge is 0.252 e. The molecule has 0 unspecified atom stereocenters. The molecule has 1 saturated heterocycles. The van der Waals surface area contributed by atoms with E-state index in [0.29, 0.717) is 48.8 Å². The van der Waals surface area contributed by atoms with E-state index in [9.17, 15) is 8.42 Å². The van der Waals surface area contributed by atoms with Crippen LogP contribution < -0.4 is 0 Å². The highest BCUT2D eigenvalue weighted by Gasteiger charge is 2.30. The third kappa shape index (κ3) is 3.71. The third-order valence-electron chi connectivity index (χ3n) is 4.04. The molecule has 3 aromatic heterocycles. The number of halogens is 1. The summed E-state index contributed by atoms with van der Waals surface area (Å²) in [5, 5.41) is 5.96. The van der Waals surface area contributed by atoms with E-state index in [4.69, 9.17) is 16.1 Å². The molecular formula is C15H15ClN4O3S3. The first-order valence-electron chi connectivity index (χ1n) is 7.87. The Morgan fingerprint density at radius 3 is 2.65 bits per heavy atom. The molecule has 0 spiro atoms. The van der Waals surface area contributed by atoms with E-state index in [2.05, 4.69) is 15.0 Å². The summed E-state index contributed by atoms with van der Waals surface area (Å²) in [6.07, 6.45) is 0. The van der Waals surface area contributed by atoms with Gasteiger partial charge in [-0.05, 0) is 23.6 Å². The highest BCUT2D eigenvalue weighted by molar-refractivity contribution is 7.91. The summed E-state index contributed by atoms with van der Waals surface area (Å²) < 4.78 is 32.8. The van der Waals surface area contributed by atoms with Gasteiger partial charge in [-0.1, -0.05) is 22.8 Å². The molecule has 0 saturated carbocycles. The van der Waals surface area contributed by atoms with Gasteiger partial charge < -0.3 is 4.52 Å². The normalized spacial score (nSPS) is 17.0. The molecule has 0 aromatic carbocycles. The fourth-order valence-corrected chi connectivity index (χ4v) is 6.42. The maximum absolute atomic E-state index is 12.6. The molecule has 26 heavy (non-hydrogen) atoms. The van der Waals surface area contributed by atoms with E-state index in [0.717, 1.165) is 16.2 Å². The molecule has 11 heteroatoms. The van der Waals surface area contributed by atoms with E-state index >= 15 is 0 Å². The van der Waals surface area contributed by atoms with Gasteiger partial charge in [-0.25, -0.2) is 8.42 Å². The Hall–Kier alpha value is -1.30. The molecule has 4 heterocycles. The molecule has 0 aliphatic carbocycles. The fraction of sp³-hybridized carbons (Fsp3) is 0.333. The van der Waals surface area contributed by atoms with Gasteiger partial charge in [0.1, 0.15) is 4.21 Å². The second kappa shape index (κ2) is 7.37. The zero-order valence-corrected chi connectivity index (χ0v) is 16.7. The van der Waals surface area contributed by atoms with Crippen LogP contribution in [-0.4, -0.2) is 53.9 Å². The van der Waals surface area contributed by atoms with Gasteiger partial charge in [-0.2, -0.15) is 9.29 Å². The zero-order chi connectivity index (χ0) is 18.1. The van der Waals surface area contributed by atoms with Gasteiger partial charge in [0.2, 0.25) is 11.7 Å². The summed E-state index contributed by atoms with van der Waals surface area (Å²) in [4.78, 5) is 7.48. The Kier molecular flexibility index (Phi) is 5.13. The molecular weight excluding hydrogens is 416 g/mol. The average molecular weight is 431 g/mol. The van der Waals surface area contributed by atoms with Gasteiger partial charge in [-0.15, -0.1) is 22.7 Å². The quantitative estimate of drug-likeness (QED) is 0.619. The molecule has 0 atom stereocenters. The Morgan fingerprint density at radius 1 is 1.19 bits per heavy atom. The molecule has 4 rings (SSSR count). The molecule has 7 nitrogen and oxygen atoms in total. The number of sulfonamides is 1. The van der Waals surface area contributed by atoms with E-state index in [-0.39, 0.29) is 4.21 Å². The van der Waals surface area contributed by atoms with Crippen LogP contribution >= 0.6 is 34.3 Å². The number of rotatable bonds is 5. The van der Waals surface area contributed by atoms with Crippen molar-refractivity contribution in [3.8, 4) is 10.7 Å². The molecule has 0 bridgehead atoms. The first-order valence-corrected chi connectivity index (χ1v) is 11.4. The number of hydrogen-bond donors (Lipinski definition) is 0. The van der Waals surface area contributed by atoms with Crippen LogP contribution in [0.1, 0.15) is 5.89 Å². The summed E-state index contributed by atoms with van der Waals surface area (Å²) in [5.41, 5.74) is 0. The monoisotopic (exact) mass is 430 g/mol. The Morgan fingerprint density at radius 2 is 2.00 bits per heavy atom. The number of aromatic nitrogens is 2. The lowest BCUT2D eigenvalue weighted by Gasteiger charge is -2.32. The van der Waals surface area contributed by atoms with Crippen LogP contribution in [-0.2, 0) is 16.6 Å². The first-order chi connectivity index (χ1) is 12.5. The number of thiophene rings is 2.